The van der Waals surface area contributed by atoms with Crippen LogP contribution in [-0.2, 0) is 12.1 Å². The molecule has 1 saturated heterocycles. The van der Waals surface area contributed by atoms with Gasteiger partial charge in [-0.3, -0.25) is 0 Å². The Hall–Kier alpha value is -0.550. The van der Waals surface area contributed by atoms with Gasteiger partial charge in [-0.1, -0.05) is 12.1 Å². The van der Waals surface area contributed by atoms with Gasteiger partial charge in [0, 0.05) is 12.3 Å². The highest BCUT2D eigenvalue weighted by Gasteiger charge is 2.36. The largest absolute Gasteiger partial charge is 0.383 e. The van der Waals surface area contributed by atoms with Crippen molar-refractivity contribution in [1.29, 1.82) is 0 Å². The summed E-state index contributed by atoms with van der Waals surface area (Å²) in [7, 11) is 0. The predicted octanol–water partition coefficient (Wildman–Crippen LogP) is 1.01. The Balaban J connectivity index is 2.25. The molecule has 0 saturated carbocycles. The molecule has 5 heteroatoms. The third-order valence-electron chi connectivity index (χ3n) is 2.53. The van der Waals surface area contributed by atoms with E-state index in [-0.39, 0.29) is 0 Å². The van der Waals surface area contributed by atoms with Crippen molar-refractivity contribution in [3.63, 3.8) is 0 Å². The molecule has 1 aromatic rings. The molecule has 1 aliphatic rings. The van der Waals surface area contributed by atoms with Gasteiger partial charge in [0.25, 0.3) is 0 Å². The Kier molecular flexibility index (Phi) is 2.78. The van der Waals surface area contributed by atoms with Crippen LogP contribution in [0.15, 0.2) is 6.20 Å². The number of aryl methyl sites for hydroxylation is 1. The van der Waals surface area contributed by atoms with Crippen LogP contribution in [0.25, 0.3) is 0 Å². The second kappa shape index (κ2) is 3.90. The van der Waals surface area contributed by atoms with E-state index in [0.717, 1.165) is 36.6 Å². The second-order valence-electron chi connectivity index (χ2n) is 3.68. The minimum atomic E-state index is -0.691. The highest BCUT2D eigenvalue weighted by Crippen LogP contribution is 2.36. The lowest BCUT2D eigenvalue weighted by molar-refractivity contribution is 0.0557. The van der Waals surface area contributed by atoms with Crippen LogP contribution in [-0.4, -0.2) is 31.6 Å². The van der Waals surface area contributed by atoms with Crippen LogP contribution in [0.2, 0.25) is 0 Å². The Morgan fingerprint density at radius 3 is 3.21 bits per heavy atom. The summed E-state index contributed by atoms with van der Waals surface area (Å²) in [6.45, 7) is 2.93. The summed E-state index contributed by atoms with van der Waals surface area (Å²) in [6, 6.07) is 0. The third kappa shape index (κ3) is 1.66. The van der Waals surface area contributed by atoms with Crippen molar-refractivity contribution < 1.29 is 5.11 Å². The van der Waals surface area contributed by atoms with Crippen molar-refractivity contribution in [1.82, 2.24) is 15.0 Å². The van der Waals surface area contributed by atoms with Gasteiger partial charge in [-0.2, -0.15) is 11.8 Å². The quantitative estimate of drug-likeness (QED) is 0.814. The topological polar surface area (TPSA) is 50.9 Å². The molecule has 1 aromatic heterocycles. The Bertz CT molecular complexity index is 307. The van der Waals surface area contributed by atoms with E-state index in [9.17, 15) is 5.11 Å². The van der Waals surface area contributed by atoms with Gasteiger partial charge in [-0.05, 0) is 18.6 Å². The average molecular weight is 213 g/mol. The standard InChI is InChI=1S/C9H15N3OS/c1-2-4-12-8(6-10-11-12)9(13)3-5-14-7-9/h6,13H,2-5,7H2,1H3. The first-order valence-electron chi connectivity index (χ1n) is 4.95. The van der Waals surface area contributed by atoms with Crippen LogP contribution in [0, 0.1) is 0 Å². The summed E-state index contributed by atoms with van der Waals surface area (Å²) in [4.78, 5) is 0. The average Bonchev–Trinajstić information content (AvgIpc) is 2.75. The molecule has 1 fully saturated rings. The Morgan fingerprint density at radius 2 is 2.57 bits per heavy atom. The van der Waals surface area contributed by atoms with E-state index in [4.69, 9.17) is 0 Å². The van der Waals surface area contributed by atoms with Gasteiger partial charge in [-0.15, -0.1) is 5.10 Å². The summed E-state index contributed by atoms with van der Waals surface area (Å²) in [5.74, 6) is 1.79. The first-order chi connectivity index (χ1) is 6.76. The van der Waals surface area contributed by atoms with E-state index in [1.165, 1.54) is 0 Å². The molecule has 0 aromatic carbocycles. The summed E-state index contributed by atoms with van der Waals surface area (Å²) in [5.41, 5.74) is 0.188. The fraction of sp³-hybridized carbons (Fsp3) is 0.778. The van der Waals surface area contributed by atoms with E-state index in [1.54, 1.807) is 18.0 Å². The maximum Gasteiger partial charge on any atom is 0.118 e. The summed E-state index contributed by atoms with van der Waals surface area (Å²) >= 11 is 1.79. The fourth-order valence-electron chi connectivity index (χ4n) is 1.75. The van der Waals surface area contributed by atoms with E-state index in [0.29, 0.717) is 0 Å². The maximum atomic E-state index is 10.3. The van der Waals surface area contributed by atoms with Gasteiger partial charge in [0.1, 0.15) is 5.60 Å². The zero-order valence-corrected chi connectivity index (χ0v) is 9.13. The zero-order valence-electron chi connectivity index (χ0n) is 8.31. The minimum Gasteiger partial charge on any atom is -0.383 e. The number of hydrogen-bond acceptors (Lipinski definition) is 4. The van der Waals surface area contributed by atoms with Gasteiger partial charge in [-0.25, -0.2) is 4.68 Å². The van der Waals surface area contributed by atoms with Gasteiger partial charge in [0.15, 0.2) is 0 Å². The first kappa shape index (κ1) is 9.98. The fourth-order valence-corrected chi connectivity index (χ4v) is 3.01. The van der Waals surface area contributed by atoms with Crippen molar-refractivity contribution in [3.8, 4) is 0 Å². The molecule has 2 heterocycles. The molecule has 1 aliphatic heterocycles. The lowest BCUT2D eigenvalue weighted by Crippen LogP contribution is -2.28. The normalized spacial score (nSPS) is 27.0. The van der Waals surface area contributed by atoms with Gasteiger partial charge in [0.2, 0.25) is 0 Å². The van der Waals surface area contributed by atoms with Gasteiger partial charge in [0.05, 0.1) is 11.9 Å². The molecule has 78 valence electrons. The van der Waals surface area contributed by atoms with E-state index in [1.807, 2.05) is 4.68 Å². The highest BCUT2D eigenvalue weighted by molar-refractivity contribution is 7.99. The number of thioether (sulfide) groups is 1. The number of hydrogen-bond donors (Lipinski definition) is 1. The van der Waals surface area contributed by atoms with Crippen LogP contribution in [0.5, 0.6) is 0 Å². The third-order valence-corrected chi connectivity index (χ3v) is 3.71. The molecule has 4 nitrogen and oxygen atoms in total. The molecule has 14 heavy (non-hydrogen) atoms. The minimum absolute atomic E-state index is 0.691. The van der Waals surface area contributed by atoms with Crippen LogP contribution in [0.4, 0.5) is 0 Å². The molecule has 1 N–H and O–H groups in total. The van der Waals surface area contributed by atoms with Crippen LogP contribution >= 0.6 is 11.8 Å². The summed E-state index contributed by atoms with van der Waals surface area (Å²) in [6.07, 6.45) is 3.52. The summed E-state index contributed by atoms with van der Waals surface area (Å²) in [5, 5.41) is 18.2. The van der Waals surface area contributed by atoms with Crippen molar-refractivity contribution in [2.45, 2.75) is 31.9 Å². The molecule has 0 bridgehead atoms. The van der Waals surface area contributed by atoms with E-state index in [2.05, 4.69) is 17.2 Å². The first-order valence-corrected chi connectivity index (χ1v) is 6.11. The number of nitrogens with zero attached hydrogens (tertiary/aromatic N) is 3. The molecule has 0 radical (unpaired) electrons. The molecule has 1 atom stereocenters. The van der Waals surface area contributed by atoms with Gasteiger partial charge < -0.3 is 5.11 Å². The predicted molar refractivity (Wildman–Crippen MR) is 56.2 cm³/mol. The second-order valence-corrected chi connectivity index (χ2v) is 4.78. The SMILES string of the molecule is CCCn1nncc1C1(O)CCSC1. The number of aromatic nitrogens is 3. The van der Waals surface area contributed by atoms with Crippen LogP contribution in [0.3, 0.4) is 0 Å². The Labute approximate surface area is 87.7 Å². The van der Waals surface area contributed by atoms with Crippen LogP contribution < -0.4 is 0 Å². The lowest BCUT2D eigenvalue weighted by atomic mass is 10.00. The molecule has 2 rings (SSSR count). The van der Waals surface area contributed by atoms with Crippen molar-refractivity contribution >= 4 is 11.8 Å². The summed E-state index contributed by atoms with van der Waals surface area (Å²) < 4.78 is 1.83. The smallest absolute Gasteiger partial charge is 0.118 e. The van der Waals surface area contributed by atoms with Gasteiger partial charge >= 0.3 is 0 Å². The van der Waals surface area contributed by atoms with E-state index < -0.39 is 5.60 Å². The van der Waals surface area contributed by atoms with Crippen molar-refractivity contribution in [2.75, 3.05) is 11.5 Å². The molecule has 0 amide bonds. The molecule has 0 aliphatic carbocycles. The number of aliphatic hydroxyl groups is 1. The maximum absolute atomic E-state index is 10.3. The number of rotatable bonds is 3. The highest BCUT2D eigenvalue weighted by atomic mass is 32.2. The molecular formula is C9H15N3OS. The molecule has 0 spiro atoms. The Morgan fingerprint density at radius 1 is 1.71 bits per heavy atom. The molecule has 1 unspecified atom stereocenters. The lowest BCUT2D eigenvalue weighted by Gasteiger charge is -2.21. The van der Waals surface area contributed by atoms with E-state index >= 15 is 0 Å². The molecular weight excluding hydrogens is 198 g/mol. The van der Waals surface area contributed by atoms with Crippen LogP contribution in [0.1, 0.15) is 25.5 Å². The van der Waals surface area contributed by atoms with Crippen molar-refractivity contribution in [3.05, 3.63) is 11.9 Å². The zero-order chi connectivity index (χ0) is 10.0. The van der Waals surface area contributed by atoms with Crippen molar-refractivity contribution in [2.24, 2.45) is 0 Å². The monoisotopic (exact) mass is 213 g/mol.